The zero-order valence-corrected chi connectivity index (χ0v) is 12.8. The second-order valence-corrected chi connectivity index (χ2v) is 6.74. The fraction of sp³-hybridized carbons (Fsp3) is 0.538. The topological polar surface area (TPSA) is 34.5 Å². The van der Waals surface area contributed by atoms with Gasteiger partial charge in [-0.2, -0.15) is 13.2 Å². The van der Waals surface area contributed by atoms with Crippen molar-refractivity contribution in [3.05, 3.63) is 23.5 Å². The lowest BCUT2D eigenvalue weighted by atomic mass is 10.1. The summed E-state index contributed by atoms with van der Waals surface area (Å²) in [6.45, 7) is 7.56. The predicted octanol–water partition coefficient (Wildman–Crippen LogP) is 4.36. The van der Waals surface area contributed by atoms with E-state index in [-0.39, 0.29) is 10.5 Å². The highest BCUT2D eigenvalue weighted by molar-refractivity contribution is 7.99. The molecule has 20 heavy (non-hydrogen) atoms. The van der Waals surface area contributed by atoms with Crippen molar-refractivity contribution in [2.45, 2.75) is 38.6 Å². The molecule has 0 aliphatic heterocycles. The predicted molar refractivity (Wildman–Crippen MR) is 75.3 cm³/mol. The maximum atomic E-state index is 12.7. The standard InChI is InChI=1S/C13H17F3N2OS/c1-8(18-20-12(2,3)4)9-6-11(13(14,15)16)17-7-10(9)19-5/h6-7H,1-5H3/b18-8+. The van der Waals surface area contributed by atoms with E-state index in [1.165, 1.54) is 19.1 Å². The summed E-state index contributed by atoms with van der Waals surface area (Å²) in [5.74, 6) is 0.272. The second kappa shape index (κ2) is 6.03. The van der Waals surface area contributed by atoms with Gasteiger partial charge in [0.15, 0.2) is 0 Å². The summed E-state index contributed by atoms with van der Waals surface area (Å²) in [5.41, 5.74) is -0.190. The molecule has 1 aromatic heterocycles. The van der Waals surface area contributed by atoms with Crippen LogP contribution >= 0.6 is 11.9 Å². The van der Waals surface area contributed by atoms with Crippen LogP contribution in [0.4, 0.5) is 13.2 Å². The third-order valence-electron chi connectivity index (χ3n) is 2.22. The Bertz CT molecular complexity index is 507. The minimum absolute atomic E-state index is 0.117. The third-order valence-corrected chi connectivity index (χ3v) is 3.14. The van der Waals surface area contributed by atoms with Crippen LogP contribution in [-0.4, -0.2) is 22.6 Å². The van der Waals surface area contributed by atoms with Gasteiger partial charge >= 0.3 is 6.18 Å². The molecule has 1 rings (SSSR count). The van der Waals surface area contributed by atoms with Crippen molar-refractivity contribution in [2.75, 3.05) is 7.11 Å². The summed E-state index contributed by atoms with van der Waals surface area (Å²) in [6.07, 6.45) is -3.42. The smallest absolute Gasteiger partial charge is 0.433 e. The molecule has 0 atom stereocenters. The van der Waals surface area contributed by atoms with Gasteiger partial charge in [0.25, 0.3) is 0 Å². The van der Waals surface area contributed by atoms with Crippen LogP contribution in [0.1, 0.15) is 39.0 Å². The first-order valence-corrected chi connectivity index (χ1v) is 6.66. The van der Waals surface area contributed by atoms with Crippen LogP contribution in [0.15, 0.2) is 16.7 Å². The molecule has 0 saturated carbocycles. The first kappa shape index (κ1) is 16.8. The summed E-state index contributed by atoms with van der Waals surface area (Å²) in [4.78, 5) is 3.36. The molecule has 0 radical (unpaired) electrons. The Hall–Kier alpha value is -1.24. The lowest BCUT2D eigenvalue weighted by molar-refractivity contribution is -0.141. The van der Waals surface area contributed by atoms with Crippen molar-refractivity contribution in [3.63, 3.8) is 0 Å². The van der Waals surface area contributed by atoms with Crippen LogP contribution in [0.3, 0.4) is 0 Å². The van der Waals surface area contributed by atoms with Crippen LogP contribution < -0.4 is 4.74 Å². The number of halogens is 3. The molecular weight excluding hydrogens is 289 g/mol. The van der Waals surface area contributed by atoms with E-state index in [0.717, 1.165) is 12.3 Å². The van der Waals surface area contributed by atoms with E-state index in [2.05, 4.69) is 9.38 Å². The Kier molecular flexibility index (Phi) is 5.07. The summed E-state index contributed by atoms with van der Waals surface area (Å²) < 4.78 is 47.3. The highest BCUT2D eigenvalue weighted by Gasteiger charge is 2.33. The number of aromatic nitrogens is 1. The van der Waals surface area contributed by atoms with Gasteiger partial charge in [-0.1, -0.05) is 0 Å². The number of ether oxygens (including phenoxy) is 1. The zero-order chi connectivity index (χ0) is 15.6. The first-order valence-electron chi connectivity index (χ1n) is 5.89. The molecule has 1 aromatic rings. The molecule has 3 nitrogen and oxygen atoms in total. The first-order chi connectivity index (χ1) is 9.04. The van der Waals surface area contributed by atoms with Gasteiger partial charge in [0.1, 0.15) is 11.4 Å². The van der Waals surface area contributed by atoms with E-state index in [9.17, 15) is 13.2 Å². The van der Waals surface area contributed by atoms with Gasteiger partial charge in [0, 0.05) is 10.3 Å². The molecule has 0 saturated heterocycles. The van der Waals surface area contributed by atoms with Gasteiger partial charge in [-0.15, -0.1) is 0 Å². The summed E-state index contributed by atoms with van der Waals surface area (Å²) in [7, 11) is 1.39. The molecule has 0 fully saturated rings. The molecule has 0 aromatic carbocycles. The van der Waals surface area contributed by atoms with E-state index in [4.69, 9.17) is 4.74 Å². The molecule has 7 heteroatoms. The van der Waals surface area contributed by atoms with Gasteiger partial charge in [0.2, 0.25) is 0 Å². The molecule has 0 N–H and O–H groups in total. The third kappa shape index (κ3) is 4.70. The van der Waals surface area contributed by atoms with Crippen molar-refractivity contribution in [2.24, 2.45) is 4.40 Å². The lowest BCUT2D eigenvalue weighted by Gasteiger charge is -2.15. The van der Waals surface area contributed by atoms with Crippen LogP contribution in [0, 0.1) is 0 Å². The minimum Gasteiger partial charge on any atom is -0.494 e. The summed E-state index contributed by atoms with van der Waals surface area (Å²) in [5, 5.41) is 0. The summed E-state index contributed by atoms with van der Waals surface area (Å²) in [6, 6.07) is 0.959. The number of hydrogen-bond acceptors (Lipinski definition) is 4. The van der Waals surface area contributed by atoms with Crippen LogP contribution in [-0.2, 0) is 6.18 Å². The molecule has 0 spiro atoms. The Labute approximate surface area is 120 Å². The Morgan fingerprint density at radius 2 is 1.90 bits per heavy atom. The molecule has 1 heterocycles. The SMILES string of the molecule is COc1cnc(C(F)(F)F)cc1/C(C)=N/SC(C)(C)C. The average Bonchev–Trinajstić information content (AvgIpc) is 2.33. The Morgan fingerprint density at radius 3 is 2.35 bits per heavy atom. The molecule has 0 aliphatic carbocycles. The van der Waals surface area contributed by atoms with Gasteiger partial charge in [-0.3, -0.25) is 0 Å². The molecule has 0 unspecified atom stereocenters. The number of rotatable bonds is 3. The quantitative estimate of drug-likeness (QED) is 0.614. The number of nitrogens with zero attached hydrogens (tertiary/aromatic N) is 2. The van der Waals surface area contributed by atoms with Crippen molar-refractivity contribution in [1.29, 1.82) is 0 Å². The van der Waals surface area contributed by atoms with Crippen LogP contribution in [0.5, 0.6) is 5.75 Å². The van der Waals surface area contributed by atoms with E-state index in [0.29, 0.717) is 11.3 Å². The van der Waals surface area contributed by atoms with Gasteiger partial charge in [-0.25, -0.2) is 9.38 Å². The van der Waals surface area contributed by atoms with Crippen molar-refractivity contribution < 1.29 is 17.9 Å². The maximum Gasteiger partial charge on any atom is 0.433 e. The Balaban J connectivity index is 3.20. The van der Waals surface area contributed by atoms with Gasteiger partial charge in [0.05, 0.1) is 19.0 Å². The number of pyridine rings is 1. The van der Waals surface area contributed by atoms with E-state index >= 15 is 0 Å². The Morgan fingerprint density at radius 1 is 1.30 bits per heavy atom. The lowest BCUT2D eigenvalue weighted by Crippen LogP contribution is -2.11. The number of hydrogen-bond donors (Lipinski definition) is 0. The number of methoxy groups -OCH3 is 1. The molecule has 0 bridgehead atoms. The van der Waals surface area contributed by atoms with Gasteiger partial charge < -0.3 is 4.74 Å². The monoisotopic (exact) mass is 306 g/mol. The van der Waals surface area contributed by atoms with E-state index in [1.54, 1.807) is 6.92 Å². The van der Waals surface area contributed by atoms with Crippen molar-refractivity contribution in [3.8, 4) is 5.75 Å². The second-order valence-electron chi connectivity index (χ2n) is 5.15. The van der Waals surface area contributed by atoms with Crippen molar-refractivity contribution >= 4 is 17.7 Å². The van der Waals surface area contributed by atoms with E-state index in [1.807, 2.05) is 20.8 Å². The van der Waals surface area contributed by atoms with Crippen LogP contribution in [0.25, 0.3) is 0 Å². The highest BCUT2D eigenvalue weighted by Crippen LogP contribution is 2.32. The fourth-order valence-electron chi connectivity index (χ4n) is 1.30. The zero-order valence-electron chi connectivity index (χ0n) is 12.0. The molecule has 0 amide bonds. The summed E-state index contributed by atoms with van der Waals surface area (Å²) >= 11 is 1.30. The van der Waals surface area contributed by atoms with Crippen molar-refractivity contribution in [1.82, 2.24) is 4.98 Å². The average molecular weight is 306 g/mol. The number of alkyl halides is 3. The normalized spacial score (nSPS) is 13.5. The minimum atomic E-state index is -4.49. The molecular formula is C13H17F3N2OS. The van der Waals surface area contributed by atoms with E-state index < -0.39 is 11.9 Å². The molecule has 0 aliphatic rings. The van der Waals surface area contributed by atoms with Gasteiger partial charge in [-0.05, 0) is 45.7 Å². The van der Waals surface area contributed by atoms with Crippen LogP contribution in [0.2, 0.25) is 0 Å². The highest BCUT2D eigenvalue weighted by atomic mass is 32.2. The largest absolute Gasteiger partial charge is 0.494 e. The fourth-order valence-corrected chi connectivity index (χ4v) is 1.81. The molecule has 112 valence electrons. The maximum absolute atomic E-state index is 12.7.